The lowest BCUT2D eigenvalue weighted by atomic mass is 9.94. The highest BCUT2D eigenvalue weighted by Crippen LogP contribution is 2.25. The number of pyridine rings is 1. The van der Waals surface area contributed by atoms with Gasteiger partial charge < -0.3 is 15.2 Å². The molecule has 0 aromatic carbocycles. The lowest BCUT2D eigenvalue weighted by molar-refractivity contribution is 0.0785. The van der Waals surface area contributed by atoms with Crippen LogP contribution in [0.15, 0.2) is 41.5 Å². The number of H-pyrrole nitrogens is 1. The fourth-order valence-electron chi connectivity index (χ4n) is 3.59. The molecule has 0 saturated carbocycles. The van der Waals surface area contributed by atoms with E-state index < -0.39 is 0 Å². The Kier molecular flexibility index (Phi) is 6.11. The molecule has 28 heavy (non-hydrogen) atoms. The second-order valence-electron chi connectivity index (χ2n) is 6.88. The van der Waals surface area contributed by atoms with Crippen molar-refractivity contribution in [2.24, 2.45) is 0 Å². The number of aromatic amines is 1. The van der Waals surface area contributed by atoms with Gasteiger partial charge in [0, 0.05) is 25.2 Å². The molecule has 0 atom stereocenters. The topological polar surface area (TPSA) is 95.4 Å². The van der Waals surface area contributed by atoms with Gasteiger partial charge >= 0.3 is 0 Å². The maximum absolute atomic E-state index is 12.9. The third-order valence-corrected chi connectivity index (χ3v) is 4.99. The van der Waals surface area contributed by atoms with Crippen molar-refractivity contribution >= 4 is 24.0 Å². The predicted octanol–water partition coefficient (Wildman–Crippen LogP) is 1.58. The molecule has 8 nitrogen and oxygen atoms in total. The Bertz CT molecular complexity index is 1010. The molecular formula is C19H23ClN6O2. The van der Waals surface area contributed by atoms with E-state index in [0.29, 0.717) is 17.8 Å². The number of nitrogens with zero attached hydrogens (tertiary/aromatic N) is 4. The van der Waals surface area contributed by atoms with E-state index in [4.69, 9.17) is 0 Å². The van der Waals surface area contributed by atoms with Crippen LogP contribution in [0.25, 0.3) is 5.65 Å². The number of aromatic nitrogens is 4. The zero-order valence-corrected chi connectivity index (χ0v) is 16.4. The third-order valence-electron chi connectivity index (χ3n) is 4.99. The van der Waals surface area contributed by atoms with Crippen LogP contribution in [-0.2, 0) is 6.54 Å². The lowest BCUT2D eigenvalue weighted by Gasteiger charge is -2.23. The summed E-state index contributed by atoms with van der Waals surface area (Å²) in [6.07, 6.45) is 5.13. The van der Waals surface area contributed by atoms with Gasteiger partial charge in [0.25, 0.3) is 11.5 Å². The fraction of sp³-hybridized carbons (Fsp3) is 0.368. The van der Waals surface area contributed by atoms with Crippen LogP contribution in [0.2, 0.25) is 0 Å². The first-order valence-electron chi connectivity index (χ1n) is 9.10. The zero-order valence-electron chi connectivity index (χ0n) is 15.6. The molecule has 1 amide bonds. The van der Waals surface area contributed by atoms with Crippen molar-refractivity contribution in [3.05, 3.63) is 64.0 Å². The third kappa shape index (κ3) is 3.93. The molecule has 4 rings (SSSR count). The molecule has 4 heterocycles. The highest BCUT2D eigenvalue weighted by atomic mass is 35.5. The number of piperidine rings is 1. The van der Waals surface area contributed by atoms with E-state index in [0.717, 1.165) is 37.3 Å². The lowest BCUT2D eigenvalue weighted by Crippen LogP contribution is -2.29. The minimum atomic E-state index is -0.210. The normalized spacial score (nSPS) is 14.6. The molecule has 0 aliphatic carbocycles. The average Bonchev–Trinajstić information content (AvgIpc) is 3.11. The summed E-state index contributed by atoms with van der Waals surface area (Å²) in [6.45, 7) is 2.22. The summed E-state index contributed by atoms with van der Waals surface area (Å²) >= 11 is 0. The van der Waals surface area contributed by atoms with E-state index in [1.165, 1.54) is 6.20 Å². The van der Waals surface area contributed by atoms with Gasteiger partial charge in [-0.25, -0.2) is 4.52 Å². The number of nitrogens with one attached hydrogen (secondary N) is 2. The Balaban J connectivity index is 0.00000225. The number of carbonyl (C=O) groups excluding carboxylic acids is 1. The van der Waals surface area contributed by atoms with Crippen molar-refractivity contribution in [1.82, 2.24) is 29.8 Å². The quantitative estimate of drug-likeness (QED) is 0.690. The summed E-state index contributed by atoms with van der Waals surface area (Å²) < 4.78 is 1.71. The van der Waals surface area contributed by atoms with Gasteiger partial charge in [0.15, 0.2) is 0 Å². The van der Waals surface area contributed by atoms with E-state index in [-0.39, 0.29) is 29.8 Å². The SMILES string of the molecule is CN(Cc1ccccn1)C(=O)c1cnn2c(C3CCNCC3)cc(=O)[nH]c12.Cl. The first-order chi connectivity index (χ1) is 13.1. The van der Waals surface area contributed by atoms with Crippen LogP contribution in [0.3, 0.4) is 0 Å². The molecule has 0 unspecified atom stereocenters. The van der Waals surface area contributed by atoms with Gasteiger partial charge in [-0.05, 0) is 38.1 Å². The molecule has 148 valence electrons. The summed E-state index contributed by atoms with van der Waals surface area (Å²) in [7, 11) is 1.72. The molecule has 9 heteroatoms. The number of rotatable bonds is 4. The van der Waals surface area contributed by atoms with Gasteiger partial charge in [0.2, 0.25) is 0 Å². The van der Waals surface area contributed by atoms with Gasteiger partial charge in [-0.3, -0.25) is 14.6 Å². The number of fused-ring (bicyclic) bond motifs is 1. The Morgan fingerprint density at radius 1 is 1.32 bits per heavy atom. The average molecular weight is 403 g/mol. The van der Waals surface area contributed by atoms with E-state index in [1.807, 2.05) is 18.2 Å². The van der Waals surface area contributed by atoms with E-state index in [9.17, 15) is 9.59 Å². The van der Waals surface area contributed by atoms with E-state index >= 15 is 0 Å². The predicted molar refractivity (Wildman–Crippen MR) is 108 cm³/mol. The van der Waals surface area contributed by atoms with Gasteiger partial charge in [-0.2, -0.15) is 5.10 Å². The van der Waals surface area contributed by atoms with Crippen LogP contribution in [0.1, 0.15) is 40.5 Å². The Morgan fingerprint density at radius 2 is 2.11 bits per heavy atom. The fourth-order valence-corrected chi connectivity index (χ4v) is 3.59. The van der Waals surface area contributed by atoms with Crippen LogP contribution >= 0.6 is 12.4 Å². The van der Waals surface area contributed by atoms with Crippen molar-refractivity contribution in [3.8, 4) is 0 Å². The van der Waals surface area contributed by atoms with Crippen molar-refractivity contribution < 1.29 is 4.79 Å². The van der Waals surface area contributed by atoms with Crippen molar-refractivity contribution in [2.45, 2.75) is 25.3 Å². The molecule has 3 aromatic heterocycles. The maximum Gasteiger partial charge on any atom is 0.259 e. The Morgan fingerprint density at radius 3 is 2.82 bits per heavy atom. The molecule has 1 aliphatic rings. The van der Waals surface area contributed by atoms with Crippen LogP contribution in [0.5, 0.6) is 0 Å². The number of hydrogen-bond acceptors (Lipinski definition) is 5. The first kappa shape index (κ1) is 20.0. The number of amides is 1. The minimum Gasteiger partial charge on any atom is -0.336 e. The van der Waals surface area contributed by atoms with Crippen LogP contribution in [0.4, 0.5) is 0 Å². The zero-order chi connectivity index (χ0) is 18.8. The molecule has 3 aromatic rings. The van der Waals surface area contributed by atoms with E-state index in [2.05, 4.69) is 20.4 Å². The van der Waals surface area contributed by atoms with Gasteiger partial charge in [0.1, 0.15) is 11.2 Å². The summed E-state index contributed by atoms with van der Waals surface area (Å²) in [5.41, 5.74) is 2.29. The summed E-state index contributed by atoms with van der Waals surface area (Å²) in [6, 6.07) is 7.20. The van der Waals surface area contributed by atoms with Crippen LogP contribution < -0.4 is 10.9 Å². The molecule has 1 aliphatic heterocycles. The second kappa shape index (κ2) is 8.53. The van der Waals surface area contributed by atoms with Crippen LogP contribution in [0, 0.1) is 0 Å². The second-order valence-corrected chi connectivity index (χ2v) is 6.88. The highest BCUT2D eigenvalue weighted by Gasteiger charge is 2.23. The molecule has 1 fully saturated rings. The van der Waals surface area contributed by atoms with Crippen molar-refractivity contribution in [3.63, 3.8) is 0 Å². The molecule has 1 saturated heterocycles. The molecule has 0 bridgehead atoms. The monoisotopic (exact) mass is 402 g/mol. The van der Waals surface area contributed by atoms with Gasteiger partial charge in [-0.15, -0.1) is 12.4 Å². The number of carbonyl (C=O) groups is 1. The smallest absolute Gasteiger partial charge is 0.259 e. The van der Waals surface area contributed by atoms with Gasteiger partial charge in [-0.1, -0.05) is 6.07 Å². The maximum atomic E-state index is 12.9. The standard InChI is InChI=1S/C19H22N6O2.ClH/c1-24(12-14-4-2-3-7-21-14)19(27)15-11-22-25-16(10-17(26)23-18(15)25)13-5-8-20-9-6-13;/h2-4,7,10-11,13,20H,5-6,8-9,12H2,1H3,(H,23,26);1H. The summed E-state index contributed by atoms with van der Waals surface area (Å²) in [5, 5.41) is 7.73. The minimum absolute atomic E-state index is 0. The Labute approximate surface area is 168 Å². The first-order valence-corrected chi connectivity index (χ1v) is 9.10. The van der Waals surface area contributed by atoms with Crippen molar-refractivity contribution in [1.29, 1.82) is 0 Å². The van der Waals surface area contributed by atoms with E-state index in [1.54, 1.807) is 28.7 Å². The molecule has 0 radical (unpaired) electrons. The number of halogens is 1. The summed E-state index contributed by atoms with van der Waals surface area (Å²) in [5.74, 6) is 0.0546. The summed E-state index contributed by atoms with van der Waals surface area (Å²) in [4.78, 5) is 33.8. The molecule has 0 spiro atoms. The van der Waals surface area contributed by atoms with Gasteiger partial charge in [0.05, 0.1) is 24.1 Å². The molecule has 2 N–H and O–H groups in total. The Hall–Kier alpha value is -2.71. The number of hydrogen-bond donors (Lipinski definition) is 2. The largest absolute Gasteiger partial charge is 0.336 e. The van der Waals surface area contributed by atoms with Crippen LogP contribution in [-0.4, -0.2) is 50.5 Å². The molecular weight excluding hydrogens is 380 g/mol. The highest BCUT2D eigenvalue weighted by molar-refractivity contribution is 5.99. The van der Waals surface area contributed by atoms with Crippen molar-refractivity contribution in [2.75, 3.05) is 20.1 Å².